The number of likely N-dealkylation sites (tertiary alicyclic amines) is 1. The maximum Gasteiger partial charge on any atom is 0.225 e. The summed E-state index contributed by atoms with van der Waals surface area (Å²) in [6.45, 7) is 4.17. The molecule has 0 aromatic heterocycles. The number of carbonyl (C=O) groups excluding carboxylic acids is 2. The number of nitrogens with one attached hydrogen (secondary N) is 3. The summed E-state index contributed by atoms with van der Waals surface area (Å²) in [7, 11) is 1.76. The fourth-order valence-electron chi connectivity index (χ4n) is 4.29. The highest BCUT2D eigenvalue weighted by atomic mass is 16.2. The van der Waals surface area contributed by atoms with Crippen LogP contribution in [0.4, 0.5) is 5.69 Å². The van der Waals surface area contributed by atoms with E-state index in [1.807, 2.05) is 36.1 Å². The molecule has 1 unspecified atom stereocenters. The summed E-state index contributed by atoms with van der Waals surface area (Å²) < 4.78 is 0. The molecule has 1 aliphatic carbocycles. The second-order valence-corrected chi connectivity index (χ2v) is 8.32. The van der Waals surface area contributed by atoms with Gasteiger partial charge in [0.25, 0.3) is 0 Å². The van der Waals surface area contributed by atoms with Crippen molar-refractivity contribution in [2.45, 2.75) is 64.5 Å². The highest BCUT2D eigenvalue weighted by Gasteiger charge is 2.32. The Labute approximate surface area is 179 Å². The van der Waals surface area contributed by atoms with E-state index in [4.69, 9.17) is 0 Å². The second-order valence-electron chi connectivity index (χ2n) is 8.32. The Morgan fingerprint density at radius 3 is 2.73 bits per heavy atom. The summed E-state index contributed by atoms with van der Waals surface area (Å²) >= 11 is 0. The van der Waals surface area contributed by atoms with Crippen molar-refractivity contribution in [3.8, 4) is 0 Å². The highest BCUT2D eigenvalue weighted by Crippen LogP contribution is 2.27. The third kappa shape index (κ3) is 6.21. The smallest absolute Gasteiger partial charge is 0.225 e. The van der Waals surface area contributed by atoms with E-state index in [0.29, 0.717) is 18.9 Å². The van der Waals surface area contributed by atoms with Crippen LogP contribution in [0.25, 0.3) is 0 Å². The molecule has 7 heteroatoms. The molecule has 0 spiro atoms. The van der Waals surface area contributed by atoms with E-state index in [1.165, 1.54) is 12.8 Å². The summed E-state index contributed by atoms with van der Waals surface area (Å²) in [4.78, 5) is 30.8. The molecule has 3 rings (SSSR count). The molecule has 164 valence electrons. The molecule has 1 aromatic carbocycles. The monoisotopic (exact) mass is 413 g/mol. The molecule has 2 amide bonds. The quantitative estimate of drug-likeness (QED) is 0.474. The van der Waals surface area contributed by atoms with Crippen molar-refractivity contribution in [1.82, 2.24) is 15.5 Å². The van der Waals surface area contributed by atoms with E-state index < -0.39 is 0 Å². The van der Waals surface area contributed by atoms with E-state index >= 15 is 0 Å². The molecule has 3 N–H and O–H groups in total. The first-order valence-electron chi connectivity index (χ1n) is 11.2. The Morgan fingerprint density at radius 2 is 2.00 bits per heavy atom. The lowest BCUT2D eigenvalue weighted by Gasteiger charge is -2.21. The molecule has 1 aromatic rings. The van der Waals surface area contributed by atoms with Crippen LogP contribution in [0.5, 0.6) is 0 Å². The van der Waals surface area contributed by atoms with E-state index in [1.54, 1.807) is 7.05 Å². The Bertz CT molecular complexity index is 758. The number of benzene rings is 1. The number of guanidine groups is 1. The Kier molecular flexibility index (Phi) is 8.11. The summed E-state index contributed by atoms with van der Waals surface area (Å²) in [5.41, 5.74) is 1.88. The zero-order chi connectivity index (χ0) is 21.3. The van der Waals surface area contributed by atoms with Gasteiger partial charge < -0.3 is 20.9 Å². The first-order valence-corrected chi connectivity index (χ1v) is 11.2. The van der Waals surface area contributed by atoms with Gasteiger partial charge in [-0.15, -0.1) is 0 Å². The second kappa shape index (κ2) is 11.0. The standard InChI is InChI=1S/C23H35N5O2/c1-3-7-21(29)26-19-11-6-8-17(14-19)15-25-23(24-2)27-20-12-13-28(16-20)22(30)18-9-4-5-10-18/h6,8,11,14,18,20H,3-5,7,9-10,12-13,15-16H2,1-2H3,(H,26,29)(H2,24,25,27). The topological polar surface area (TPSA) is 85.8 Å². The summed E-state index contributed by atoms with van der Waals surface area (Å²) in [6, 6.07) is 8.07. The number of carbonyl (C=O) groups is 2. The zero-order valence-corrected chi connectivity index (χ0v) is 18.2. The summed E-state index contributed by atoms with van der Waals surface area (Å²) in [6.07, 6.45) is 6.78. The van der Waals surface area contributed by atoms with Crippen LogP contribution in [-0.2, 0) is 16.1 Å². The molecule has 1 atom stereocenters. The molecule has 0 bridgehead atoms. The third-order valence-electron chi connectivity index (χ3n) is 5.92. The van der Waals surface area contributed by atoms with Gasteiger partial charge in [0.2, 0.25) is 11.8 Å². The van der Waals surface area contributed by atoms with Crippen molar-refractivity contribution in [2.24, 2.45) is 10.9 Å². The molecule has 1 saturated carbocycles. The molecular formula is C23H35N5O2. The number of anilines is 1. The van der Waals surface area contributed by atoms with Crippen LogP contribution in [0.15, 0.2) is 29.3 Å². The Balaban J connectivity index is 1.46. The van der Waals surface area contributed by atoms with E-state index in [9.17, 15) is 9.59 Å². The van der Waals surface area contributed by atoms with Crippen LogP contribution in [-0.4, -0.2) is 48.9 Å². The van der Waals surface area contributed by atoms with Gasteiger partial charge in [0.15, 0.2) is 5.96 Å². The lowest BCUT2D eigenvalue weighted by molar-refractivity contribution is -0.134. The van der Waals surface area contributed by atoms with Crippen LogP contribution in [0, 0.1) is 5.92 Å². The average molecular weight is 414 g/mol. The predicted octanol–water partition coefficient (Wildman–Crippen LogP) is 2.88. The largest absolute Gasteiger partial charge is 0.352 e. The minimum absolute atomic E-state index is 0.0398. The van der Waals surface area contributed by atoms with Crippen LogP contribution in [0.1, 0.15) is 57.4 Å². The maximum atomic E-state index is 12.6. The van der Waals surface area contributed by atoms with Gasteiger partial charge in [-0.2, -0.15) is 0 Å². The van der Waals surface area contributed by atoms with E-state index in [0.717, 1.165) is 56.0 Å². The number of aliphatic imine (C=N–C) groups is 1. The number of hydrogen-bond acceptors (Lipinski definition) is 3. The molecule has 1 saturated heterocycles. The highest BCUT2D eigenvalue weighted by molar-refractivity contribution is 5.90. The minimum Gasteiger partial charge on any atom is -0.352 e. The maximum absolute atomic E-state index is 12.6. The van der Waals surface area contributed by atoms with Gasteiger partial charge in [-0.25, -0.2) is 0 Å². The molecule has 1 heterocycles. The minimum atomic E-state index is 0.0398. The molecule has 30 heavy (non-hydrogen) atoms. The van der Waals surface area contributed by atoms with Gasteiger partial charge in [-0.1, -0.05) is 31.9 Å². The van der Waals surface area contributed by atoms with Crippen LogP contribution in [0.3, 0.4) is 0 Å². The summed E-state index contributed by atoms with van der Waals surface area (Å²) in [5, 5.41) is 9.72. The van der Waals surface area contributed by atoms with Crippen molar-refractivity contribution in [1.29, 1.82) is 0 Å². The fraction of sp³-hybridized carbons (Fsp3) is 0.609. The molecule has 0 radical (unpaired) electrons. The van der Waals surface area contributed by atoms with Gasteiger partial charge >= 0.3 is 0 Å². The van der Waals surface area contributed by atoms with Crippen molar-refractivity contribution in [3.63, 3.8) is 0 Å². The first-order chi connectivity index (χ1) is 14.6. The molecule has 2 fully saturated rings. The van der Waals surface area contributed by atoms with E-state index in [-0.39, 0.29) is 17.9 Å². The summed E-state index contributed by atoms with van der Waals surface area (Å²) in [5.74, 6) is 1.35. The van der Waals surface area contributed by atoms with Crippen LogP contribution >= 0.6 is 0 Å². The Hall–Kier alpha value is -2.57. The number of hydrogen-bond donors (Lipinski definition) is 3. The average Bonchev–Trinajstić information content (AvgIpc) is 3.43. The lowest BCUT2D eigenvalue weighted by Crippen LogP contribution is -2.45. The van der Waals surface area contributed by atoms with Gasteiger partial charge in [0, 0.05) is 50.7 Å². The van der Waals surface area contributed by atoms with Crippen molar-refractivity contribution >= 4 is 23.5 Å². The lowest BCUT2D eigenvalue weighted by atomic mass is 10.1. The molecule has 7 nitrogen and oxygen atoms in total. The molecule has 1 aliphatic heterocycles. The van der Waals surface area contributed by atoms with Crippen molar-refractivity contribution in [3.05, 3.63) is 29.8 Å². The Morgan fingerprint density at radius 1 is 1.20 bits per heavy atom. The number of nitrogens with zero attached hydrogens (tertiary/aromatic N) is 2. The molecule has 2 aliphatic rings. The van der Waals surface area contributed by atoms with Crippen LogP contribution < -0.4 is 16.0 Å². The van der Waals surface area contributed by atoms with Crippen molar-refractivity contribution in [2.75, 3.05) is 25.5 Å². The number of rotatable bonds is 7. The SMILES string of the molecule is CCCC(=O)Nc1cccc(CNC(=NC)NC2CCN(C(=O)C3CCCC3)C2)c1. The van der Waals surface area contributed by atoms with E-state index in [2.05, 4.69) is 20.9 Å². The van der Waals surface area contributed by atoms with Gasteiger partial charge in [-0.05, 0) is 43.4 Å². The molecular weight excluding hydrogens is 378 g/mol. The van der Waals surface area contributed by atoms with Gasteiger partial charge in [0.05, 0.1) is 0 Å². The first kappa shape index (κ1) is 22.1. The van der Waals surface area contributed by atoms with Crippen molar-refractivity contribution < 1.29 is 9.59 Å². The van der Waals surface area contributed by atoms with Gasteiger partial charge in [-0.3, -0.25) is 14.6 Å². The van der Waals surface area contributed by atoms with Crippen LogP contribution in [0.2, 0.25) is 0 Å². The normalized spacial score (nSPS) is 19.7. The number of amides is 2. The third-order valence-corrected chi connectivity index (χ3v) is 5.92. The predicted molar refractivity (Wildman–Crippen MR) is 120 cm³/mol. The fourth-order valence-corrected chi connectivity index (χ4v) is 4.29. The zero-order valence-electron chi connectivity index (χ0n) is 18.2. The van der Waals surface area contributed by atoms with Gasteiger partial charge in [0.1, 0.15) is 0 Å².